The Bertz CT molecular complexity index is 1590. The van der Waals surface area contributed by atoms with E-state index in [0.29, 0.717) is 19.3 Å². The Labute approximate surface area is 457 Å². The highest BCUT2D eigenvalue weighted by Crippen LogP contribution is 2.27. The van der Waals surface area contributed by atoms with E-state index in [1.54, 1.807) is 0 Å². The standard InChI is InChI=1S/C61H104O15/c1-3-5-7-9-11-13-15-17-19-21-23-24-26-27-29-31-33-35-37-39-41-43-52(63)71-46-49(74-53(64)44-42-40-38-36-34-32-30-28-25-22-20-18-16-14-12-10-8-6-4-2)47-72-60-59(70)57(68)55(66)51(76-60)48-73-61-58(69)56(67)54(65)50(45-62)75-61/h6,8,12,14,18,20,25,28,32,34,38,40,49-51,54-62,65-70H,3-5,7,9-11,13,15-17,19,21-24,26-27,29-31,33,35-37,39,41-48H2,1-2H3/b8-6+,14-12+,20-18+,28-25+,34-32+,40-38+/t49-,50+,51+,54-,55-,56?,57?,58?,59?,60+,61+/m0/s1. The van der Waals surface area contributed by atoms with Crippen LogP contribution in [0.4, 0.5) is 0 Å². The van der Waals surface area contributed by atoms with Crippen molar-refractivity contribution in [2.75, 3.05) is 26.4 Å². The van der Waals surface area contributed by atoms with Gasteiger partial charge in [-0.1, -0.05) is 215 Å². The Kier molecular flexibility index (Phi) is 42.5. The predicted molar refractivity (Wildman–Crippen MR) is 298 cm³/mol. The molecule has 2 aliphatic heterocycles. The maximum atomic E-state index is 13.0. The second-order valence-corrected chi connectivity index (χ2v) is 20.4. The summed E-state index contributed by atoms with van der Waals surface area (Å²) in [5, 5.41) is 72.3. The maximum Gasteiger partial charge on any atom is 0.306 e. The Hall–Kier alpha value is -3.06. The van der Waals surface area contributed by atoms with Gasteiger partial charge >= 0.3 is 11.9 Å². The number of esters is 2. The van der Waals surface area contributed by atoms with E-state index in [-0.39, 0.29) is 19.4 Å². The highest BCUT2D eigenvalue weighted by Gasteiger charge is 2.47. The molecule has 2 rings (SSSR count). The van der Waals surface area contributed by atoms with Crippen LogP contribution in [-0.2, 0) is 38.0 Å². The van der Waals surface area contributed by atoms with E-state index < -0.39 is 99.3 Å². The smallest absolute Gasteiger partial charge is 0.306 e. The van der Waals surface area contributed by atoms with Crippen molar-refractivity contribution in [1.82, 2.24) is 0 Å². The fraction of sp³-hybridized carbons (Fsp3) is 0.770. The van der Waals surface area contributed by atoms with Crippen LogP contribution in [0.2, 0.25) is 0 Å². The number of rotatable bonds is 46. The van der Waals surface area contributed by atoms with Gasteiger partial charge in [-0.15, -0.1) is 0 Å². The molecule has 0 bridgehead atoms. The molecule has 0 aromatic rings. The number of aliphatic hydroxyl groups is 7. The molecule has 438 valence electrons. The van der Waals surface area contributed by atoms with Crippen molar-refractivity contribution in [3.8, 4) is 0 Å². The summed E-state index contributed by atoms with van der Waals surface area (Å²) < 4.78 is 33.6. The van der Waals surface area contributed by atoms with Gasteiger partial charge in [0, 0.05) is 12.8 Å². The molecule has 76 heavy (non-hydrogen) atoms. The molecule has 0 amide bonds. The first kappa shape index (κ1) is 69.0. The molecule has 0 saturated carbocycles. The highest BCUT2D eigenvalue weighted by molar-refractivity contribution is 5.70. The van der Waals surface area contributed by atoms with Gasteiger partial charge in [-0.05, 0) is 51.4 Å². The molecule has 0 aromatic carbocycles. The van der Waals surface area contributed by atoms with Crippen LogP contribution in [0, 0.1) is 0 Å². The van der Waals surface area contributed by atoms with E-state index in [1.807, 2.05) is 12.2 Å². The third kappa shape index (κ3) is 33.4. The summed E-state index contributed by atoms with van der Waals surface area (Å²) in [5.74, 6) is -1.02. The summed E-state index contributed by atoms with van der Waals surface area (Å²) in [5.41, 5.74) is 0. The van der Waals surface area contributed by atoms with Crippen LogP contribution < -0.4 is 0 Å². The summed E-state index contributed by atoms with van der Waals surface area (Å²) in [4.78, 5) is 25.9. The van der Waals surface area contributed by atoms with Gasteiger partial charge < -0.3 is 64.2 Å². The average molecular weight is 1080 g/mol. The van der Waals surface area contributed by atoms with E-state index in [0.717, 1.165) is 51.4 Å². The third-order valence-electron chi connectivity index (χ3n) is 13.7. The third-order valence-corrected chi connectivity index (χ3v) is 13.7. The lowest BCUT2D eigenvalue weighted by Crippen LogP contribution is -2.61. The topological polar surface area (TPSA) is 231 Å². The van der Waals surface area contributed by atoms with E-state index in [9.17, 15) is 45.3 Å². The Morgan fingerprint density at radius 2 is 0.829 bits per heavy atom. The second-order valence-electron chi connectivity index (χ2n) is 20.4. The monoisotopic (exact) mass is 1080 g/mol. The minimum Gasteiger partial charge on any atom is -0.462 e. The number of allylic oxidation sites excluding steroid dienone is 12. The van der Waals surface area contributed by atoms with Crippen LogP contribution in [0.25, 0.3) is 0 Å². The van der Waals surface area contributed by atoms with Crippen molar-refractivity contribution in [3.05, 3.63) is 72.9 Å². The molecule has 0 radical (unpaired) electrons. The number of unbranched alkanes of at least 4 members (excludes halogenated alkanes) is 20. The Morgan fingerprint density at radius 3 is 1.28 bits per heavy atom. The summed E-state index contributed by atoms with van der Waals surface area (Å²) >= 11 is 0. The molecule has 15 nitrogen and oxygen atoms in total. The lowest BCUT2D eigenvalue weighted by atomic mass is 9.98. The molecule has 15 heteroatoms. The SMILES string of the molecule is CC/C=C/C/C=C/C/C=C/C/C=C/C/C=C/C/C=C/CCC(=O)O[C@@H](COC(=O)CCCCCCCCCCCCCCCCCCCCCCC)CO[C@@H]1O[C@H](CO[C@@H]2O[C@H](CO)[C@H](O)C(O)C2O)[C@H](O)C(O)C1O. The molecule has 2 aliphatic rings. The van der Waals surface area contributed by atoms with Gasteiger partial charge in [-0.3, -0.25) is 9.59 Å². The van der Waals surface area contributed by atoms with Crippen molar-refractivity contribution in [2.45, 2.75) is 274 Å². The molecule has 2 saturated heterocycles. The summed E-state index contributed by atoms with van der Waals surface area (Å²) in [6.07, 6.45) is 40.8. The van der Waals surface area contributed by atoms with Crippen molar-refractivity contribution >= 4 is 11.9 Å². The van der Waals surface area contributed by atoms with Crippen LogP contribution in [0.3, 0.4) is 0 Å². The van der Waals surface area contributed by atoms with Gasteiger partial charge in [-0.2, -0.15) is 0 Å². The number of carbonyl (C=O) groups is 2. The van der Waals surface area contributed by atoms with E-state index >= 15 is 0 Å². The zero-order chi connectivity index (χ0) is 55.3. The Morgan fingerprint density at radius 1 is 0.434 bits per heavy atom. The van der Waals surface area contributed by atoms with E-state index in [2.05, 4.69) is 74.6 Å². The quantitative estimate of drug-likeness (QED) is 0.0171. The van der Waals surface area contributed by atoms with Gasteiger partial charge in [0.2, 0.25) is 0 Å². The molecule has 0 aromatic heterocycles. The molecular weight excluding hydrogens is 973 g/mol. The molecule has 4 unspecified atom stereocenters. The fourth-order valence-corrected chi connectivity index (χ4v) is 8.95. The number of carbonyl (C=O) groups excluding carboxylic acids is 2. The minimum absolute atomic E-state index is 0.0386. The second kappa shape index (κ2) is 46.8. The first-order chi connectivity index (χ1) is 37.0. The van der Waals surface area contributed by atoms with Crippen molar-refractivity contribution in [2.24, 2.45) is 0 Å². The molecule has 2 fully saturated rings. The van der Waals surface area contributed by atoms with E-state index in [1.165, 1.54) is 109 Å². The molecule has 7 N–H and O–H groups in total. The predicted octanol–water partition coefficient (Wildman–Crippen LogP) is 10.2. The van der Waals surface area contributed by atoms with Crippen LogP contribution in [-0.4, -0.2) is 142 Å². The van der Waals surface area contributed by atoms with Crippen LogP contribution in [0.5, 0.6) is 0 Å². The van der Waals surface area contributed by atoms with Gasteiger partial charge in [0.25, 0.3) is 0 Å². The zero-order valence-electron chi connectivity index (χ0n) is 46.7. The van der Waals surface area contributed by atoms with Crippen molar-refractivity contribution < 1.29 is 73.8 Å². The molecule has 0 aliphatic carbocycles. The van der Waals surface area contributed by atoms with Crippen molar-refractivity contribution in [3.63, 3.8) is 0 Å². The van der Waals surface area contributed by atoms with Gasteiger partial charge in [0.15, 0.2) is 18.7 Å². The van der Waals surface area contributed by atoms with Crippen molar-refractivity contribution in [1.29, 1.82) is 0 Å². The van der Waals surface area contributed by atoms with Gasteiger partial charge in [0.1, 0.15) is 55.4 Å². The number of hydrogen-bond donors (Lipinski definition) is 7. The van der Waals surface area contributed by atoms with Crippen LogP contribution >= 0.6 is 0 Å². The van der Waals surface area contributed by atoms with Gasteiger partial charge in [0.05, 0.1) is 19.8 Å². The molecule has 2 heterocycles. The average Bonchev–Trinajstić information content (AvgIpc) is 3.41. The summed E-state index contributed by atoms with van der Waals surface area (Å²) in [7, 11) is 0. The summed E-state index contributed by atoms with van der Waals surface area (Å²) in [6.45, 7) is 2.43. The zero-order valence-corrected chi connectivity index (χ0v) is 46.7. The minimum atomic E-state index is -1.78. The number of ether oxygens (including phenoxy) is 6. The lowest BCUT2D eigenvalue weighted by molar-refractivity contribution is -0.332. The fourth-order valence-electron chi connectivity index (χ4n) is 8.95. The normalized spacial score (nSPS) is 24.9. The summed E-state index contributed by atoms with van der Waals surface area (Å²) in [6, 6.07) is 0. The highest BCUT2D eigenvalue weighted by atomic mass is 16.7. The number of aliphatic hydroxyl groups excluding tert-OH is 7. The maximum absolute atomic E-state index is 13.0. The van der Waals surface area contributed by atoms with E-state index in [4.69, 9.17) is 28.4 Å². The largest absolute Gasteiger partial charge is 0.462 e. The molecule has 0 spiro atoms. The van der Waals surface area contributed by atoms with Gasteiger partial charge in [-0.25, -0.2) is 0 Å². The van der Waals surface area contributed by atoms with Crippen LogP contribution in [0.15, 0.2) is 72.9 Å². The first-order valence-electron chi connectivity index (χ1n) is 29.5. The Balaban J connectivity index is 1.77. The first-order valence-corrected chi connectivity index (χ1v) is 29.5. The number of hydrogen-bond acceptors (Lipinski definition) is 15. The lowest BCUT2D eigenvalue weighted by Gasteiger charge is -2.42. The molecule has 11 atom stereocenters. The molecular formula is C61H104O15. The van der Waals surface area contributed by atoms with Crippen LogP contribution in [0.1, 0.15) is 206 Å².